The molecular weight excluding hydrogens is 420 g/mol. The Morgan fingerprint density at radius 3 is 2.77 bits per heavy atom. The molecule has 30 heavy (non-hydrogen) atoms. The van der Waals surface area contributed by atoms with Gasteiger partial charge in [0, 0.05) is 29.5 Å². The summed E-state index contributed by atoms with van der Waals surface area (Å²) >= 11 is 7.65. The lowest BCUT2D eigenvalue weighted by molar-refractivity contribution is -0.135. The van der Waals surface area contributed by atoms with E-state index in [4.69, 9.17) is 16.3 Å². The molecule has 7 heteroatoms. The van der Waals surface area contributed by atoms with E-state index >= 15 is 0 Å². The van der Waals surface area contributed by atoms with Crippen LogP contribution in [0.5, 0.6) is 0 Å². The second kappa shape index (κ2) is 11.2. The molecular formula is C23H31ClN2O3S. The summed E-state index contributed by atoms with van der Waals surface area (Å²) in [5.74, 6) is -0.147. The number of nitrogens with zero attached hydrogens (tertiary/aromatic N) is 1. The first-order valence-corrected chi connectivity index (χ1v) is 12.0. The van der Waals surface area contributed by atoms with Crippen LogP contribution in [0.25, 0.3) is 6.08 Å². The molecule has 1 N–H and O–H groups in total. The summed E-state index contributed by atoms with van der Waals surface area (Å²) in [5.41, 5.74) is 0.944. The number of hydrogen-bond donors (Lipinski definition) is 1. The number of rotatable bonds is 8. The van der Waals surface area contributed by atoms with Gasteiger partial charge in [-0.3, -0.25) is 9.59 Å². The fraction of sp³-hybridized carbons (Fsp3) is 0.565. The summed E-state index contributed by atoms with van der Waals surface area (Å²) in [5, 5.41) is 3.96. The van der Waals surface area contributed by atoms with Crippen LogP contribution in [0.2, 0.25) is 5.02 Å². The minimum atomic E-state index is -0.102. The first-order valence-electron chi connectivity index (χ1n) is 10.8. The molecule has 1 aliphatic carbocycles. The van der Waals surface area contributed by atoms with Crippen molar-refractivity contribution in [3.63, 3.8) is 0 Å². The van der Waals surface area contributed by atoms with Crippen LogP contribution in [-0.4, -0.2) is 53.8 Å². The summed E-state index contributed by atoms with van der Waals surface area (Å²) in [6.45, 7) is 5.28. The van der Waals surface area contributed by atoms with Crippen molar-refractivity contribution >= 4 is 41.3 Å². The molecule has 164 valence electrons. The second-order valence-electron chi connectivity index (χ2n) is 8.12. The molecule has 0 aromatic heterocycles. The lowest BCUT2D eigenvalue weighted by Crippen LogP contribution is -2.54. The van der Waals surface area contributed by atoms with Crippen LogP contribution >= 0.6 is 23.4 Å². The molecule has 2 fully saturated rings. The minimum Gasteiger partial charge on any atom is -0.379 e. The van der Waals surface area contributed by atoms with E-state index in [-0.39, 0.29) is 30.5 Å². The van der Waals surface area contributed by atoms with Crippen LogP contribution in [0, 0.1) is 0 Å². The summed E-state index contributed by atoms with van der Waals surface area (Å²) in [6.07, 6.45) is 7.20. The topological polar surface area (TPSA) is 58.6 Å². The van der Waals surface area contributed by atoms with Crippen molar-refractivity contribution in [3.05, 3.63) is 39.8 Å². The highest BCUT2D eigenvalue weighted by atomic mass is 35.5. The van der Waals surface area contributed by atoms with Gasteiger partial charge in [-0.05, 0) is 56.9 Å². The third-order valence-electron chi connectivity index (χ3n) is 5.39. The molecule has 1 saturated carbocycles. The van der Waals surface area contributed by atoms with Gasteiger partial charge in [0.05, 0.1) is 11.0 Å². The SMILES string of the molecule is CC(C)OCCCNC(=O)CN1C(=O)/C(=C\c2ccc(Cl)cc2)SC2CCCCC21. The van der Waals surface area contributed by atoms with Crippen LogP contribution in [0.4, 0.5) is 0 Å². The molecule has 2 amide bonds. The van der Waals surface area contributed by atoms with Gasteiger partial charge in [0.1, 0.15) is 6.54 Å². The average Bonchev–Trinajstić information content (AvgIpc) is 2.72. The zero-order valence-corrected chi connectivity index (χ0v) is 19.3. The zero-order chi connectivity index (χ0) is 21.5. The molecule has 1 aromatic carbocycles. The van der Waals surface area contributed by atoms with E-state index in [9.17, 15) is 9.59 Å². The van der Waals surface area contributed by atoms with Crippen molar-refractivity contribution in [2.24, 2.45) is 0 Å². The standard InChI is InChI=1S/C23H31ClN2O3S/c1-16(2)29-13-5-12-25-22(27)15-26-19-6-3-4-7-20(19)30-21(23(26)28)14-17-8-10-18(24)11-9-17/h8-11,14,16,19-20H,3-7,12-13,15H2,1-2H3,(H,25,27)/b21-14+. The van der Waals surface area contributed by atoms with E-state index < -0.39 is 0 Å². The van der Waals surface area contributed by atoms with E-state index in [1.165, 1.54) is 6.42 Å². The maximum atomic E-state index is 13.2. The largest absolute Gasteiger partial charge is 0.379 e. The molecule has 0 bridgehead atoms. The van der Waals surface area contributed by atoms with Gasteiger partial charge in [-0.1, -0.05) is 36.6 Å². The molecule has 0 radical (unpaired) electrons. The number of carbonyl (C=O) groups excluding carboxylic acids is 2. The maximum absolute atomic E-state index is 13.2. The van der Waals surface area contributed by atoms with Crippen LogP contribution in [0.3, 0.4) is 0 Å². The first kappa shape index (κ1) is 23.2. The quantitative estimate of drug-likeness (QED) is 0.468. The Bertz CT molecular complexity index is 766. The normalized spacial score (nSPS) is 23.0. The van der Waals surface area contributed by atoms with Crippen molar-refractivity contribution in [1.82, 2.24) is 10.2 Å². The molecule has 1 heterocycles. The van der Waals surface area contributed by atoms with Gasteiger partial charge in [0.25, 0.3) is 5.91 Å². The number of nitrogens with one attached hydrogen (secondary N) is 1. The van der Waals surface area contributed by atoms with Crippen molar-refractivity contribution < 1.29 is 14.3 Å². The molecule has 2 unspecified atom stereocenters. The number of fused-ring (bicyclic) bond motifs is 1. The van der Waals surface area contributed by atoms with Crippen LogP contribution < -0.4 is 5.32 Å². The molecule has 1 saturated heterocycles. The number of benzene rings is 1. The summed E-state index contributed by atoms with van der Waals surface area (Å²) in [4.78, 5) is 28.3. The average molecular weight is 451 g/mol. The minimum absolute atomic E-state index is 0.0450. The maximum Gasteiger partial charge on any atom is 0.261 e. The highest BCUT2D eigenvalue weighted by Crippen LogP contribution is 2.42. The van der Waals surface area contributed by atoms with Gasteiger partial charge in [-0.15, -0.1) is 11.8 Å². The summed E-state index contributed by atoms with van der Waals surface area (Å²) < 4.78 is 5.51. The molecule has 1 aromatic rings. The number of halogens is 1. The van der Waals surface area contributed by atoms with Crippen LogP contribution in [0.1, 0.15) is 51.5 Å². The smallest absolute Gasteiger partial charge is 0.261 e. The van der Waals surface area contributed by atoms with E-state index in [1.807, 2.05) is 44.2 Å². The Morgan fingerprint density at radius 2 is 2.03 bits per heavy atom. The Labute approximate surface area is 188 Å². The number of carbonyl (C=O) groups is 2. The number of hydrogen-bond acceptors (Lipinski definition) is 4. The number of thioether (sulfide) groups is 1. The van der Waals surface area contributed by atoms with Gasteiger partial charge in [0.15, 0.2) is 0 Å². The third-order valence-corrected chi connectivity index (χ3v) is 7.05. The number of amides is 2. The summed E-state index contributed by atoms with van der Waals surface area (Å²) in [7, 11) is 0. The van der Waals surface area contributed by atoms with Crippen molar-refractivity contribution in [2.75, 3.05) is 19.7 Å². The fourth-order valence-corrected chi connectivity index (χ4v) is 5.50. The Hall–Kier alpha value is -1.50. The second-order valence-corrected chi connectivity index (χ2v) is 9.84. The number of ether oxygens (including phenoxy) is 1. The highest BCUT2D eigenvalue weighted by molar-refractivity contribution is 8.04. The fourth-order valence-electron chi connectivity index (χ4n) is 3.90. The van der Waals surface area contributed by atoms with Gasteiger partial charge >= 0.3 is 0 Å². The summed E-state index contributed by atoms with van der Waals surface area (Å²) in [6, 6.07) is 7.60. The molecule has 5 nitrogen and oxygen atoms in total. The van der Waals surface area contributed by atoms with Gasteiger partial charge in [-0.2, -0.15) is 0 Å². The van der Waals surface area contributed by atoms with Crippen LogP contribution in [0.15, 0.2) is 29.2 Å². The first-order chi connectivity index (χ1) is 14.4. The molecule has 1 aliphatic heterocycles. The molecule has 2 aliphatic rings. The predicted molar refractivity (Wildman–Crippen MR) is 123 cm³/mol. The molecule has 0 spiro atoms. The predicted octanol–water partition coefficient (Wildman–Crippen LogP) is 4.50. The monoisotopic (exact) mass is 450 g/mol. The molecule has 2 atom stereocenters. The van der Waals surface area contributed by atoms with Gasteiger partial charge in [0.2, 0.25) is 5.91 Å². The lowest BCUT2D eigenvalue weighted by Gasteiger charge is -2.43. The van der Waals surface area contributed by atoms with E-state index in [0.717, 1.165) is 31.2 Å². The Morgan fingerprint density at radius 1 is 1.30 bits per heavy atom. The van der Waals surface area contributed by atoms with Crippen molar-refractivity contribution in [3.8, 4) is 0 Å². The Kier molecular flexibility index (Phi) is 8.66. The van der Waals surface area contributed by atoms with E-state index in [2.05, 4.69) is 5.32 Å². The highest BCUT2D eigenvalue weighted by Gasteiger charge is 2.41. The Balaban J connectivity index is 1.65. The van der Waals surface area contributed by atoms with Crippen LogP contribution in [-0.2, 0) is 14.3 Å². The van der Waals surface area contributed by atoms with Gasteiger partial charge in [-0.25, -0.2) is 0 Å². The van der Waals surface area contributed by atoms with Crippen molar-refractivity contribution in [1.29, 1.82) is 0 Å². The van der Waals surface area contributed by atoms with E-state index in [1.54, 1.807) is 16.7 Å². The van der Waals surface area contributed by atoms with Crippen molar-refractivity contribution in [2.45, 2.75) is 63.3 Å². The molecule has 3 rings (SSSR count). The zero-order valence-electron chi connectivity index (χ0n) is 17.7. The lowest BCUT2D eigenvalue weighted by atomic mass is 9.93. The van der Waals surface area contributed by atoms with E-state index in [0.29, 0.717) is 28.3 Å². The van der Waals surface area contributed by atoms with Gasteiger partial charge < -0.3 is 15.0 Å². The third kappa shape index (κ3) is 6.50.